The summed E-state index contributed by atoms with van der Waals surface area (Å²) in [7, 11) is 0. The first-order valence-electron chi connectivity index (χ1n) is 9.78. The molecule has 1 fully saturated rings. The smallest absolute Gasteiger partial charge is 0.274 e. The molecule has 3 heterocycles. The van der Waals surface area contributed by atoms with E-state index in [1.165, 1.54) is 11.1 Å². The molecule has 1 aromatic carbocycles. The number of rotatable bonds is 3. The number of amides is 1. The zero-order chi connectivity index (χ0) is 18.1. The minimum atomic E-state index is 0.0924. The Morgan fingerprint density at radius 1 is 1.23 bits per heavy atom. The van der Waals surface area contributed by atoms with Gasteiger partial charge in [0.2, 0.25) is 0 Å². The first kappa shape index (κ1) is 17.3. The molecule has 0 bridgehead atoms. The van der Waals surface area contributed by atoms with E-state index < -0.39 is 0 Å². The van der Waals surface area contributed by atoms with Crippen LogP contribution in [0.4, 0.5) is 0 Å². The van der Waals surface area contributed by atoms with Crippen LogP contribution < -0.4 is 0 Å². The van der Waals surface area contributed by atoms with Crippen LogP contribution in [0.25, 0.3) is 0 Å². The lowest BCUT2D eigenvalue weighted by atomic mass is 9.91. The van der Waals surface area contributed by atoms with Gasteiger partial charge in [0.1, 0.15) is 11.5 Å². The summed E-state index contributed by atoms with van der Waals surface area (Å²) in [5.74, 6) is 1.66. The van der Waals surface area contributed by atoms with Gasteiger partial charge in [-0.3, -0.25) is 4.79 Å². The van der Waals surface area contributed by atoms with Crippen molar-refractivity contribution in [1.29, 1.82) is 0 Å². The summed E-state index contributed by atoms with van der Waals surface area (Å²) in [6.45, 7) is 9.83. The van der Waals surface area contributed by atoms with Gasteiger partial charge in [-0.05, 0) is 25.5 Å². The molecule has 2 aromatic rings. The Hall–Kier alpha value is -2.14. The van der Waals surface area contributed by atoms with Gasteiger partial charge in [-0.2, -0.15) is 0 Å². The van der Waals surface area contributed by atoms with E-state index in [0.717, 1.165) is 57.9 Å². The van der Waals surface area contributed by atoms with Crippen molar-refractivity contribution < 1.29 is 4.79 Å². The third-order valence-electron chi connectivity index (χ3n) is 5.83. The SMILES string of the molecule is CCN1CCN(C(=O)c2cn3c(n2)CCC(c2cccc(C)c2)C3)CC1. The molecular weight excluding hydrogens is 324 g/mol. The van der Waals surface area contributed by atoms with Crippen molar-refractivity contribution in [2.24, 2.45) is 0 Å². The third-order valence-corrected chi connectivity index (χ3v) is 5.83. The molecule has 26 heavy (non-hydrogen) atoms. The summed E-state index contributed by atoms with van der Waals surface area (Å²) in [6.07, 6.45) is 4.02. The highest BCUT2D eigenvalue weighted by molar-refractivity contribution is 5.92. The largest absolute Gasteiger partial charge is 0.335 e. The molecule has 0 aliphatic carbocycles. The predicted octanol–water partition coefficient (Wildman–Crippen LogP) is 2.70. The molecule has 4 rings (SSSR count). The number of nitrogens with zero attached hydrogens (tertiary/aromatic N) is 4. The first-order chi connectivity index (χ1) is 12.6. The molecule has 1 saturated heterocycles. The third kappa shape index (κ3) is 3.40. The van der Waals surface area contributed by atoms with E-state index in [1.54, 1.807) is 0 Å². The maximum Gasteiger partial charge on any atom is 0.274 e. The summed E-state index contributed by atoms with van der Waals surface area (Å²) in [6, 6.07) is 8.79. The zero-order valence-corrected chi connectivity index (χ0v) is 15.8. The van der Waals surface area contributed by atoms with E-state index in [9.17, 15) is 4.79 Å². The second-order valence-corrected chi connectivity index (χ2v) is 7.57. The molecule has 1 atom stereocenters. The standard InChI is InChI=1S/C21H28N4O/c1-3-23-9-11-24(12-10-23)21(26)19-15-25-14-18(7-8-20(25)22-19)17-6-4-5-16(2)13-17/h4-6,13,15,18H,3,7-12,14H2,1-2H3. The van der Waals surface area contributed by atoms with Crippen LogP contribution in [-0.2, 0) is 13.0 Å². The van der Waals surface area contributed by atoms with E-state index in [4.69, 9.17) is 0 Å². The van der Waals surface area contributed by atoms with Crippen LogP contribution in [0.3, 0.4) is 0 Å². The molecule has 5 nitrogen and oxygen atoms in total. The van der Waals surface area contributed by atoms with Crippen LogP contribution >= 0.6 is 0 Å². The summed E-state index contributed by atoms with van der Waals surface area (Å²) >= 11 is 0. The second-order valence-electron chi connectivity index (χ2n) is 7.57. The van der Waals surface area contributed by atoms with Crippen molar-refractivity contribution in [2.45, 2.75) is 39.2 Å². The Bertz CT molecular complexity index is 789. The van der Waals surface area contributed by atoms with E-state index in [0.29, 0.717) is 11.6 Å². The minimum absolute atomic E-state index is 0.0924. The predicted molar refractivity (Wildman–Crippen MR) is 102 cm³/mol. The quantitative estimate of drug-likeness (QED) is 0.853. The van der Waals surface area contributed by atoms with Gasteiger partial charge in [-0.1, -0.05) is 36.8 Å². The number of benzene rings is 1. The van der Waals surface area contributed by atoms with Gasteiger partial charge in [0.25, 0.3) is 5.91 Å². The van der Waals surface area contributed by atoms with Gasteiger partial charge < -0.3 is 14.4 Å². The number of aromatic nitrogens is 2. The maximum absolute atomic E-state index is 12.8. The van der Waals surface area contributed by atoms with Crippen LogP contribution in [0.5, 0.6) is 0 Å². The fourth-order valence-corrected chi connectivity index (χ4v) is 4.17. The molecule has 2 aliphatic rings. The molecule has 1 unspecified atom stereocenters. The lowest BCUT2D eigenvalue weighted by molar-refractivity contribution is 0.0638. The average Bonchev–Trinajstić information content (AvgIpc) is 3.11. The lowest BCUT2D eigenvalue weighted by Gasteiger charge is -2.33. The second kappa shape index (κ2) is 7.23. The number of likely N-dealkylation sites (N-methyl/N-ethyl adjacent to an activating group) is 1. The molecule has 1 amide bonds. The monoisotopic (exact) mass is 352 g/mol. The number of fused-ring (bicyclic) bond motifs is 1. The normalized spacial score (nSPS) is 20.8. The number of hydrogen-bond acceptors (Lipinski definition) is 3. The van der Waals surface area contributed by atoms with Gasteiger partial charge in [0.15, 0.2) is 0 Å². The summed E-state index contributed by atoms with van der Waals surface area (Å²) < 4.78 is 2.20. The molecule has 0 saturated carbocycles. The Kier molecular flexibility index (Phi) is 4.81. The molecule has 0 spiro atoms. The fraction of sp³-hybridized carbons (Fsp3) is 0.524. The number of imidazole rings is 1. The van der Waals surface area contributed by atoms with Gasteiger partial charge in [0.05, 0.1) is 0 Å². The van der Waals surface area contributed by atoms with E-state index in [2.05, 4.69) is 52.6 Å². The molecule has 138 valence electrons. The average molecular weight is 352 g/mol. The van der Waals surface area contributed by atoms with Crippen molar-refractivity contribution in [3.8, 4) is 0 Å². The van der Waals surface area contributed by atoms with Crippen molar-refractivity contribution in [1.82, 2.24) is 19.4 Å². The Balaban J connectivity index is 1.47. The minimum Gasteiger partial charge on any atom is -0.335 e. The molecular formula is C21H28N4O. The zero-order valence-electron chi connectivity index (χ0n) is 15.8. The Morgan fingerprint density at radius 3 is 2.77 bits per heavy atom. The highest BCUT2D eigenvalue weighted by Crippen LogP contribution is 2.29. The summed E-state index contributed by atoms with van der Waals surface area (Å²) in [5, 5.41) is 0. The number of piperazine rings is 1. The van der Waals surface area contributed by atoms with E-state index >= 15 is 0 Å². The topological polar surface area (TPSA) is 41.4 Å². The number of carbonyl (C=O) groups excluding carboxylic acids is 1. The van der Waals surface area contributed by atoms with Crippen LogP contribution in [-0.4, -0.2) is 58.0 Å². The molecule has 1 aromatic heterocycles. The highest BCUT2D eigenvalue weighted by atomic mass is 16.2. The molecule has 2 aliphatic heterocycles. The van der Waals surface area contributed by atoms with Crippen molar-refractivity contribution in [3.05, 3.63) is 53.1 Å². The van der Waals surface area contributed by atoms with E-state index in [-0.39, 0.29) is 5.91 Å². The van der Waals surface area contributed by atoms with Crippen LogP contribution in [0, 0.1) is 6.92 Å². The van der Waals surface area contributed by atoms with Gasteiger partial charge in [-0.15, -0.1) is 0 Å². The number of hydrogen-bond donors (Lipinski definition) is 0. The van der Waals surface area contributed by atoms with Gasteiger partial charge in [-0.25, -0.2) is 4.98 Å². The summed E-state index contributed by atoms with van der Waals surface area (Å²) in [4.78, 5) is 21.8. The Labute approximate surface area is 155 Å². The van der Waals surface area contributed by atoms with Crippen molar-refractivity contribution in [3.63, 3.8) is 0 Å². The van der Waals surface area contributed by atoms with Crippen LogP contribution in [0.2, 0.25) is 0 Å². The van der Waals surface area contributed by atoms with Crippen LogP contribution in [0.1, 0.15) is 46.7 Å². The maximum atomic E-state index is 12.8. The summed E-state index contributed by atoms with van der Waals surface area (Å²) in [5.41, 5.74) is 3.32. The molecule has 0 radical (unpaired) electrons. The van der Waals surface area contributed by atoms with Crippen molar-refractivity contribution in [2.75, 3.05) is 32.7 Å². The van der Waals surface area contributed by atoms with Crippen molar-refractivity contribution >= 4 is 5.91 Å². The van der Waals surface area contributed by atoms with Gasteiger partial charge in [0, 0.05) is 51.3 Å². The first-order valence-corrected chi connectivity index (χ1v) is 9.78. The number of aryl methyl sites for hydroxylation is 2. The van der Waals surface area contributed by atoms with Gasteiger partial charge >= 0.3 is 0 Å². The molecule has 0 N–H and O–H groups in total. The lowest BCUT2D eigenvalue weighted by Crippen LogP contribution is -2.48. The van der Waals surface area contributed by atoms with Crippen LogP contribution in [0.15, 0.2) is 30.5 Å². The Morgan fingerprint density at radius 2 is 2.04 bits per heavy atom. The number of carbonyl (C=O) groups is 1. The highest BCUT2D eigenvalue weighted by Gasteiger charge is 2.27. The van der Waals surface area contributed by atoms with E-state index in [1.807, 2.05) is 11.1 Å². The molecule has 5 heteroatoms. The fourth-order valence-electron chi connectivity index (χ4n) is 4.17.